The second-order valence-corrected chi connectivity index (χ2v) is 5.18. The van der Waals surface area contributed by atoms with Crippen LogP contribution in [0.15, 0.2) is 24.3 Å². The van der Waals surface area contributed by atoms with E-state index < -0.39 is 0 Å². The zero-order valence-corrected chi connectivity index (χ0v) is 12.1. The zero-order chi connectivity index (χ0) is 14.4. The van der Waals surface area contributed by atoms with Gasteiger partial charge in [-0.25, -0.2) is 0 Å². The van der Waals surface area contributed by atoms with Crippen LogP contribution < -0.4 is 4.74 Å². The van der Waals surface area contributed by atoms with E-state index in [1.165, 1.54) is 4.90 Å². The highest BCUT2D eigenvalue weighted by Crippen LogP contribution is 2.15. The number of aliphatic hydroxyl groups is 1. The van der Waals surface area contributed by atoms with Crippen molar-refractivity contribution >= 4 is 5.91 Å². The van der Waals surface area contributed by atoms with Crippen molar-refractivity contribution in [2.45, 2.75) is 26.8 Å². The van der Waals surface area contributed by atoms with Gasteiger partial charge < -0.3 is 14.7 Å². The van der Waals surface area contributed by atoms with Crippen LogP contribution in [0.4, 0.5) is 0 Å². The van der Waals surface area contributed by atoms with Crippen LogP contribution in [-0.2, 0) is 0 Å². The SMILES string of the molecule is CC(C)COc1ccc(C(=O)N(C)C(C)CO)cc1. The minimum Gasteiger partial charge on any atom is -0.493 e. The summed E-state index contributed by atoms with van der Waals surface area (Å²) >= 11 is 0. The minimum absolute atomic E-state index is 0.0438. The smallest absolute Gasteiger partial charge is 0.253 e. The molecule has 4 heteroatoms. The maximum atomic E-state index is 12.1. The molecule has 0 fully saturated rings. The number of likely N-dealkylation sites (N-methyl/N-ethyl adjacent to an activating group) is 1. The molecule has 1 aromatic carbocycles. The third-order valence-corrected chi connectivity index (χ3v) is 2.93. The van der Waals surface area contributed by atoms with E-state index >= 15 is 0 Å². The first-order chi connectivity index (χ1) is 8.95. The molecule has 0 radical (unpaired) electrons. The number of ether oxygens (including phenoxy) is 1. The molecular weight excluding hydrogens is 242 g/mol. The predicted molar refractivity (Wildman–Crippen MR) is 75.4 cm³/mol. The van der Waals surface area contributed by atoms with Gasteiger partial charge in [0.1, 0.15) is 5.75 Å². The summed E-state index contributed by atoms with van der Waals surface area (Å²) in [4.78, 5) is 13.6. The molecule has 0 bridgehead atoms. The average molecular weight is 265 g/mol. The predicted octanol–water partition coefficient (Wildman–Crippen LogP) is 2.17. The minimum atomic E-state index is -0.190. The number of benzene rings is 1. The molecule has 19 heavy (non-hydrogen) atoms. The Morgan fingerprint density at radius 2 is 1.84 bits per heavy atom. The van der Waals surface area contributed by atoms with E-state index in [-0.39, 0.29) is 18.6 Å². The Morgan fingerprint density at radius 1 is 1.26 bits per heavy atom. The van der Waals surface area contributed by atoms with Crippen molar-refractivity contribution in [3.8, 4) is 5.75 Å². The van der Waals surface area contributed by atoms with Crippen molar-refractivity contribution < 1.29 is 14.6 Å². The van der Waals surface area contributed by atoms with Gasteiger partial charge in [-0.05, 0) is 37.1 Å². The molecule has 1 amide bonds. The molecule has 0 aliphatic rings. The Bertz CT molecular complexity index is 400. The van der Waals surface area contributed by atoms with Crippen molar-refractivity contribution in [2.75, 3.05) is 20.3 Å². The second-order valence-electron chi connectivity index (χ2n) is 5.18. The molecule has 0 heterocycles. The molecule has 1 rings (SSSR count). The molecule has 0 aromatic heterocycles. The summed E-state index contributed by atoms with van der Waals surface area (Å²) in [5.74, 6) is 1.14. The van der Waals surface area contributed by atoms with Crippen LogP contribution >= 0.6 is 0 Å². The molecule has 1 unspecified atom stereocenters. The quantitative estimate of drug-likeness (QED) is 0.857. The van der Waals surface area contributed by atoms with Crippen molar-refractivity contribution in [3.05, 3.63) is 29.8 Å². The van der Waals surface area contributed by atoms with Crippen LogP contribution in [0.2, 0.25) is 0 Å². The maximum Gasteiger partial charge on any atom is 0.253 e. The van der Waals surface area contributed by atoms with Gasteiger partial charge in [0.15, 0.2) is 0 Å². The van der Waals surface area contributed by atoms with Gasteiger partial charge in [0, 0.05) is 12.6 Å². The number of carbonyl (C=O) groups excluding carboxylic acids is 1. The van der Waals surface area contributed by atoms with Crippen LogP contribution in [0.5, 0.6) is 5.75 Å². The van der Waals surface area contributed by atoms with E-state index in [2.05, 4.69) is 13.8 Å². The zero-order valence-electron chi connectivity index (χ0n) is 12.1. The summed E-state index contributed by atoms with van der Waals surface area (Å²) in [6.07, 6.45) is 0. The van der Waals surface area contributed by atoms with Gasteiger partial charge in [0.25, 0.3) is 5.91 Å². The third-order valence-electron chi connectivity index (χ3n) is 2.93. The first kappa shape index (κ1) is 15.5. The van der Waals surface area contributed by atoms with Gasteiger partial charge in [-0.15, -0.1) is 0 Å². The van der Waals surface area contributed by atoms with E-state index in [0.29, 0.717) is 18.1 Å². The van der Waals surface area contributed by atoms with Crippen LogP contribution in [0, 0.1) is 5.92 Å². The first-order valence-corrected chi connectivity index (χ1v) is 6.56. The van der Waals surface area contributed by atoms with Crippen LogP contribution in [0.25, 0.3) is 0 Å². The molecular formula is C15H23NO3. The van der Waals surface area contributed by atoms with E-state index in [4.69, 9.17) is 9.84 Å². The van der Waals surface area contributed by atoms with Crippen LogP contribution in [0.3, 0.4) is 0 Å². The van der Waals surface area contributed by atoms with Gasteiger partial charge in [-0.1, -0.05) is 13.8 Å². The fourth-order valence-corrected chi connectivity index (χ4v) is 1.48. The van der Waals surface area contributed by atoms with Gasteiger partial charge in [-0.3, -0.25) is 4.79 Å². The Balaban J connectivity index is 2.67. The first-order valence-electron chi connectivity index (χ1n) is 6.56. The molecule has 0 saturated heterocycles. The normalized spacial score (nSPS) is 12.3. The fourth-order valence-electron chi connectivity index (χ4n) is 1.48. The molecule has 0 spiro atoms. The Hall–Kier alpha value is -1.55. The average Bonchev–Trinajstić information content (AvgIpc) is 2.43. The second kappa shape index (κ2) is 7.14. The number of rotatable bonds is 6. The highest BCUT2D eigenvalue weighted by Gasteiger charge is 2.16. The van der Waals surface area contributed by atoms with Crippen LogP contribution in [-0.4, -0.2) is 42.2 Å². The van der Waals surface area contributed by atoms with Crippen molar-refractivity contribution in [1.29, 1.82) is 0 Å². The topological polar surface area (TPSA) is 49.8 Å². The highest BCUT2D eigenvalue weighted by atomic mass is 16.5. The van der Waals surface area contributed by atoms with Gasteiger partial charge in [0.2, 0.25) is 0 Å². The van der Waals surface area contributed by atoms with Crippen molar-refractivity contribution in [1.82, 2.24) is 4.90 Å². The summed E-state index contributed by atoms with van der Waals surface area (Å²) in [6.45, 7) is 6.59. The third kappa shape index (κ3) is 4.56. The van der Waals surface area contributed by atoms with E-state index in [0.717, 1.165) is 5.75 Å². The summed E-state index contributed by atoms with van der Waals surface area (Å²) in [6, 6.07) is 6.90. The van der Waals surface area contributed by atoms with Gasteiger partial charge in [-0.2, -0.15) is 0 Å². The number of aliphatic hydroxyl groups excluding tert-OH is 1. The van der Waals surface area contributed by atoms with Crippen LogP contribution in [0.1, 0.15) is 31.1 Å². The molecule has 1 atom stereocenters. The number of hydrogen-bond acceptors (Lipinski definition) is 3. The lowest BCUT2D eigenvalue weighted by Gasteiger charge is -2.23. The summed E-state index contributed by atoms with van der Waals surface area (Å²) in [5, 5.41) is 9.05. The van der Waals surface area contributed by atoms with Crippen molar-refractivity contribution in [3.63, 3.8) is 0 Å². The molecule has 106 valence electrons. The number of nitrogens with zero attached hydrogens (tertiary/aromatic N) is 1. The number of amides is 1. The number of hydrogen-bond donors (Lipinski definition) is 1. The standard InChI is InChI=1S/C15H23NO3/c1-11(2)10-19-14-7-5-13(6-8-14)15(18)16(4)12(3)9-17/h5-8,11-12,17H,9-10H2,1-4H3. The fraction of sp³-hybridized carbons (Fsp3) is 0.533. The van der Waals surface area contributed by atoms with Gasteiger partial charge in [0.05, 0.1) is 19.3 Å². The van der Waals surface area contributed by atoms with Crippen molar-refractivity contribution in [2.24, 2.45) is 5.92 Å². The molecule has 0 aliphatic carbocycles. The maximum absolute atomic E-state index is 12.1. The lowest BCUT2D eigenvalue weighted by molar-refractivity contribution is 0.0682. The summed E-state index contributed by atoms with van der Waals surface area (Å²) in [5.41, 5.74) is 0.597. The lowest BCUT2D eigenvalue weighted by Crippen LogP contribution is -2.37. The Kier molecular flexibility index (Phi) is 5.83. The molecule has 0 aliphatic heterocycles. The largest absolute Gasteiger partial charge is 0.493 e. The van der Waals surface area contributed by atoms with Gasteiger partial charge >= 0.3 is 0 Å². The molecule has 0 saturated carbocycles. The lowest BCUT2D eigenvalue weighted by atomic mass is 10.1. The van der Waals surface area contributed by atoms with E-state index in [9.17, 15) is 4.79 Å². The van der Waals surface area contributed by atoms with E-state index in [1.54, 1.807) is 38.2 Å². The molecule has 4 nitrogen and oxygen atoms in total. The molecule has 1 N–H and O–H groups in total. The highest BCUT2D eigenvalue weighted by molar-refractivity contribution is 5.94. The summed E-state index contributed by atoms with van der Waals surface area (Å²) < 4.78 is 5.57. The number of carbonyl (C=O) groups is 1. The summed E-state index contributed by atoms with van der Waals surface area (Å²) in [7, 11) is 1.69. The van der Waals surface area contributed by atoms with E-state index in [1.807, 2.05) is 0 Å². The molecule has 1 aromatic rings. The monoisotopic (exact) mass is 265 g/mol. The Morgan fingerprint density at radius 3 is 2.32 bits per heavy atom. The Labute approximate surface area is 115 Å².